The van der Waals surface area contributed by atoms with E-state index in [0.29, 0.717) is 12.2 Å². The Morgan fingerprint density at radius 3 is 2.64 bits per heavy atom. The van der Waals surface area contributed by atoms with E-state index in [1.54, 1.807) is 0 Å². The molecule has 0 aromatic heterocycles. The van der Waals surface area contributed by atoms with Crippen LogP contribution in [0.1, 0.15) is 33.1 Å². The molecular formula is C10H14O. The van der Waals surface area contributed by atoms with E-state index in [0.717, 1.165) is 18.4 Å². The normalized spacial score (nSPS) is 16.2. The van der Waals surface area contributed by atoms with Crippen molar-refractivity contribution in [3.05, 3.63) is 23.3 Å². The lowest BCUT2D eigenvalue weighted by Crippen LogP contribution is -1.98. The van der Waals surface area contributed by atoms with Crippen LogP contribution in [0.2, 0.25) is 0 Å². The summed E-state index contributed by atoms with van der Waals surface area (Å²) in [4.78, 5) is 11.2. The summed E-state index contributed by atoms with van der Waals surface area (Å²) >= 11 is 0. The Morgan fingerprint density at radius 1 is 1.45 bits per heavy atom. The maximum absolute atomic E-state index is 11.2. The van der Waals surface area contributed by atoms with E-state index in [2.05, 4.69) is 13.0 Å². The molecule has 1 aliphatic rings. The lowest BCUT2D eigenvalue weighted by molar-refractivity contribution is -0.115. The van der Waals surface area contributed by atoms with Gasteiger partial charge in [0.05, 0.1) is 0 Å². The fourth-order valence-electron chi connectivity index (χ4n) is 1.24. The van der Waals surface area contributed by atoms with Crippen LogP contribution in [0.3, 0.4) is 0 Å². The summed E-state index contributed by atoms with van der Waals surface area (Å²) in [5, 5.41) is 0. The third-order valence-electron chi connectivity index (χ3n) is 2.07. The molecule has 0 saturated heterocycles. The SMILES string of the molecule is CCC(=O)C1=CC=C(CC)C1. The second kappa shape index (κ2) is 3.51. The molecule has 1 rings (SSSR count). The van der Waals surface area contributed by atoms with Crippen molar-refractivity contribution in [3.63, 3.8) is 0 Å². The third-order valence-corrected chi connectivity index (χ3v) is 2.07. The van der Waals surface area contributed by atoms with E-state index in [1.165, 1.54) is 5.57 Å². The summed E-state index contributed by atoms with van der Waals surface area (Å²) in [7, 11) is 0. The van der Waals surface area contributed by atoms with E-state index in [4.69, 9.17) is 0 Å². The molecule has 0 atom stereocenters. The van der Waals surface area contributed by atoms with Crippen LogP contribution in [-0.2, 0) is 4.79 Å². The largest absolute Gasteiger partial charge is 0.295 e. The Kier molecular flexibility index (Phi) is 2.64. The molecule has 0 spiro atoms. The Morgan fingerprint density at radius 2 is 2.18 bits per heavy atom. The predicted octanol–water partition coefficient (Wildman–Crippen LogP) is 2.63. The quantitative estimate of drug-likeness (QED) is 0.604. The van der Waals surface area contributed by atoms with Crippen LogP contribution < -0.4 is 0 Å². The van der Waals surface area contributed by atoms with Crippen LogP contribution in [0.15, 0.2) is 23.3 Å². The van der Waals surface area contributed by atoms with E-state index in [9.17, 15) is 4.79 Å². The summed E-state index contributed by atoms with van der Waals surface area (Å²) in [6.07, 6.45) is 6.63. The van der Waals surface area contributed by atoms with E-state index >= 15 is 0 Å². The zero-order valence-corrected chi connectivity index (χ0v) is 7.18. The first kappa shape index (κ1) is 8.25. The first-order valence-electron chi connectivity index (χ1n) is 4.19. The number of ketones is 1. The fourth-order valence-corrected chi connectivity index (χ4v) is 1.24. The van der Waals surface area contributed by atoms with Gasteiger partial charge in [-0.25, -0.2) is 0 Å². The van der Waals surface area contributed by atoms with Gasteiger partial charge in [0, 0.05) is 6.42 Å². The highest BCUT2D eigenvalue weighted by Gasteiger charge is 2.11. The molecule has 0 unspecified atom stereocenters. The second-order valence-electron chi connectivity index (χ2n) is 2.82. The van der Waals surface area contributed by atoms with Gasteiger partial charge in [0.1, 0.15) is 0 Å². The van der Waals surface area contributed by atoms with Crippen LogP contribution in [-0.4, -0.2) is 5.78 Å². The van der Waals surface area contributed by atoms with Crippen LogP contribution in [0.4, 0.5) is 0 Å². The highest BCUT2D eigenvalue weighted by atomic mass is 16.1. The summed E-state index contributed by atoms with van der Waals surface area (Å²) in [5.74, 6) is 0.296. The number of carbonyl (C=O) groups excluding carboxylic acids is 1. The number of hydrogen-bond donors (Lipinski definition) is 0. The van der Waals surface area contributed by atoms with Gasteiger partial charge >= 0.3 is 0 Å². The lowest BCUT2D eigenvalue weighted by Gasteiger charge is -1.99. The maximum atomic E-state index is 11.2. The zero-order chi connectivity index (χ0) is 8.27. The monoisotopic (exact) mass is 150 g/mol. The van der Waals surface area contributed by atoms with Crippen molar-refractivity contribution < 1.29 is 4.79 Å². The lowest BCUT2D eigenvalue weighted by atomic mass is 10.1. The zero-order valence-electron chi connectivity index (χ0n) is 7.18. The van der Waals surface area contributed by atoms with Crippen molar-refractivity contribution >= 4 is 5.78 Å². The van der Waals surface area contributed by atoms with Crippen molar-refractivity contribution in [2.24, 2.45) is 0 Å². The van der Waals surface area contributed by atoms with Gasteiger partial charge in [0.2, 0.25) is 0 Å². The molecule has 1 aliphatic carbocycles. The molecule has 11 heavy (non-hydrogen) atoms. The molecule has 0 heterocycles. The van der Waals surface area contributed by atoms with Crippen molar-refractivity contribution in [3.8, 4) is 0 Å². The molecule has 0 radical (unpaired) electrons. The fraction of sp³-hybridized carbons (Fsp3) is 0.500. The Labute approximate surface area is 67.8 Å². The molecule has 0 fully saturated rings. The number of Topliss-reactive ketones (excluding diaryl/α,β-unsaturated/α-hetero) is 1. The molecule has 1 nitrogen and oxygen atoms in total. The third kappa shape index (κ3) is 1.79. The van der Waals surface area contributed by atoms with Gasteiger partial charge in [-0.1, -0.05) is 31.6 Å². The number of allylic oxidation sites excluding steroid dienone is 4. The van der Waals surface area contributed by atoms with Crippen molar-refractivity contribution in [1.82, 2.24) is 0 Å². The topological polar surface area (TPSA) is 17.1 Å². The van der Waals surface area contributed by atoms with Crippen molar-refractivity contribution in [1.29, 1.82) is 0 Å². The average molecular weight is 150 g/mol. The van der Waals surface area contributed by atoms with E-state index < -0.39 is 0 Å². The van der Waals surface area contributed by atoms with Crippen molar-refractivity contribution in [2.45, 2.75) is 33.1 Å². The summed E-state index contributed by atoms with van der Waals surface area (Å²) in [5.41, 5.74) is 2.37. The summed E-state index contributed by atoms with van der Waals surface area (Å²) < 4.78 is 0. The first-order valence-corrected chi connectivity index (χ1v) is 4.19. The molecular weight excluding hydrogens is 136 g/mol. The standard InChI is InChI=1S/C10H14O/c1-3-8-5-6-9(7-8)10(11)4-2/h5-6H,3-4,7H2,1-2H3. The van der Waals surface area contributed by atoms with Gasteiger partial charge < -0.3 is 0 Å². The highest BCUT2D eigenvalue weighted by Crippen LogP contribution is 2.22. The summed E-state index contributed by atoms with van der Waals surface area (Å²) in [6.45, 7) is 4.03. The average Bonchev–Trinajstić information content (AvgIpc) is 2.50. The van der Waals surface area contributed by atoms with Crippen LogP contribution in [0.5, 0.6) is 0 Å². The van der Waals surface area contributed by atoms with Crippen molar-refractivity contribution in [2.75, 3.05) is 0 Å². The number of hydrogen-bond acceptors (Lipinski definition) is 1. The minimum Gasteiger partial charge on any atom is -0.295 e. The van der Waals surface area contributed by atoms with Gasteiger partial charge in [-0.3, -0.25) is 4.79 Å². The molecule has 60 valence electrons. The Balaban J connectivity index is 2.52. The smallest absolute Gasteiger partial charge is 0.158 e. The Hall–Kier alpha value is -0.850. The van der Waals surface area contributed by atoms with Gasteiger partial charge in [-0.2, -0.15) is 0 Å². The summed E-state index contributed by atoms with van der Waals surface area (Å²) in [6, 6.07) is 0. The Bertz CT molecular complexity index is 221. The van der Waals surface area contributed by atoms with E-state index in [-0.39, 0.29) is 0 Å². The predicted molar refractivity (Wildman–Crippen MR) is 46.4 cm³/mol. The maximum Gasteiger partial charge on any atom is 0.158 e. The van der Waals surface area contributed by atoms with Gasteiger partial charge in [-0.05, 0) is 18.4 Å². The van der Waals surface area contributed by atoms with Gasteiger partial charge in [-0.15, -0.1) is 0 Å². The van der Waals surface area contributed by atoms with Crippen LogP contribution in [0.25, 0.3) is 0 Å². The first-order chi connectivity index (χ1) is 5.27. The molecule has 0 aromatic carbocycles. The highest BCUT2D eigenvalue weighted by molar-refractivity contribution is 5.96. The molecule has 0 bridgehead atoms. The molecule has 0 aliphatic heterocycles. The molecule has 0 N–H and O–H groups in total. The van der Waals surface area contributed by atoms with Gasteiger partial charge in [0.15, 0.2) is 5.78 Å². The van der Waals surface area contributed by atoms with E-state index in [1.807, 2.05) is 13.0 Å². The minimum atomic E-state index is 0.296. The van der Waals surface area contributed by atoms with Crippen LogP contribution >= 0.6 is 0 Å². The molecule has 1 heteroatoms. The molecule has 0 aromatic rings. The molecule has 0 saturated carbocycles. The van der Waals surface area contributed by atoms with Crippen LogP contribution in [0, 0.1) is 0 Å². The second-order valence-corrected chi connectivity index (χ2v) is 2.82. The number of carbonyl (C=O) groups is 1. The molecule has 0 amide bonds. The van der Waals surface area contributed by atoms with Gasteiger partial charge in [0.25, 0.3) is 0 Å². The minimum absolute atomic E-state index is 0.296. The number of rotatable bonds is 3.